The maximum Gasteiger partial charge on any atom is 0.252 e. The molecule has 1 fully saturated rings. The lowest BCUT2D eigenvalue weighted by atomic mass is 10.3. The summed E-state index contributed by atoms with van der Waals surface area (Å²) in [5, 5.41) is 0. The van der Waals surface area contributed by atoms with Gasteiger partial charge in [0.25, 0.3) is 10.0 Å². The van der Waals surface area contributed by atoms with Crippen molar-refractivity contribution < 1.29 is 13.2 Å². The number of likely N-dealkylation sites (tertiary alicyclic amines) is 1. The van der Waals surface area contributed by atoms with Crippen LogP contribution >= 0.6 is 22.9 Å². The first-order valence-electron chi connectivity index (χ1n) is 5.21. The summed E-state index contributed by atoms with van der Waals surface area (Å²) in [5.41, 5.74) is 0.344. The molecule has 0 aliphatic carbocycles. The quantitative estimate of drug-likeness (QED) is 0.887. The molecule has 1 amide bonds. The number of hydrogen-bond acceptors (Lipinski definition) is 5. The van der Waals surface area contributed by atoms with E-state index in [1.54, 1.807) is 14.0 Å². The van der Waals surface area contributed by atoms with Crippen LogP contribution in [0.15, 0.2) is 4.21 Å². The van der Waals surface area contributed by atoms with Gasteiger partial charge in [-0.3, -0.25) is 4.79 Å². The van der Waals surface area contributed by atoms with Crippen molar-refractivity contribution in [3.8, 4) is 0 Å². The Hall–Kier alpha value is -0.700. The monoisotopic (exact) mass is 309 g/mol. The summed E-state index contributed by atoms with van der Waals surface area (Å²) in [6.45, 7) is 2.12. The fourth-order valence-electron chi connectivity index (χ4n) is 1.77. The summed E-state index contributed by atoms with van der Waals surface area (Å²) in [6, 6.07) is -0.694. The molecule has 1 unspecified atom stereocenters. The van der Waals surface area contributed by atoms with Gasteiger partial charge in [0.15, 0.2) is 8.68 Å². The molecular weight excluding hydrogens is 298 g/mol. The summed E-state index contributed by atoms with van der Waals surface area (Å²) < 4.78 is 26.8. The van der Waals surface area contributed by atoms with Gasteiger partial charge in [-0.05, 0) is 13.3 Å². The van der Waals surface area contributed by atoms with E-state index in [1.807, 2.05) is 0 Å². The Bertz CT molecular complexity index is 584. The predicted molar refractivity (Wildman–Crippen MR) is 68.2 cm³/mol. The van der Waals surface area contributed by atoms with Crippen molar-refractivity contribution in [3.63, 3.8) is 0 Å². The van der Waals surface area contributed by atoms with E-state index in [2.05, 4.69) is 9.71 Å². The van der Waals surface area contributed by atoms with Crippen molar-refractivity contribution in [3.05, 3.63) is 10.2 Å². The number of carbonyl (C=O) groups excluding carboxylic acids is 1. The van der Waals surface area contributed by atoms with Crippen molar-refractivity contribution in [2.24, 2.45) is 0 Å². The van der Waals surface area contributed by atoms with Gasteiger partial charge in [-0.1, -0.05) is 22.9 Å². The molecule has 1 aromatic heterocycles. The Kier molecular flexibility index (Phi) is 3.63. The van der Waals surface area contributed by atoms with E-state index in [9.17, 15) is 13.2 Å². The highest BCUT2D eigenvalue weighted by Crippen LogP contribution is 2.27. The number of hydrogen-bond donors (Lipinski definition) is 1. The molecule has 9 heteroatoms. The maximum absolute atomic E-state index is 12.1. The molecule has 18 heavy (non-hydrogen) atoms. The van der Waals surface area contributed by atoms with Crippen LogP contribution < -0.4 is 4.72 Å². The van der Waals surface area contributed by atoms with E-state index in [0.717, 1.165) is 11.3 Å². The SMILES string of the molecule is Cc1nc(Cl)sc1S(=O)(=O)NC1CCN(C)C1=O. The minimum absolute atomic E-state index is 0.0647. The lowest BCUT2D eigenvalue weighted by Gasteiger charge is -2.11. The highest BCUT2D eigenvalue weighted by Gasteiger charge is 2.34. The second kappa shape index (κ2) is 4.76. The third kappa shape index (κ3) is 2.51. The van der Waals surface area contributed by atoms with E-state index < -0.39 is 16.1 Å². The van der Waals surface area contributed by atoms with Crippen LogP contribution in [0.25, 0.3) is 0 Å². The number of halogens is 1. The molecule has 1 N–H and O–H groups in total. The van der Waals surface area contributed by atoms with Gasteiger partial charge in [-0.2, -0.15) is 4.72 Å². The Labute approximate surface area is 114 Å². The van der Waals surface area contributed by atoms with Gasteiger partial charge < -0.3 is 4.90 Å². The maximum atomic E-state index is 12.1. The number of rotatable bonds is 3. The molecule has 1 aliphatic heterocycles. The zero-order valence-corrected chi connectivity index (χ0v) is 12.2. The standard InChI is InChI=1S/C9H12ClN3O3S2/c1-5-8(17-9(10)11-5)18(15,16)12-6-3-4-13(2)7(6)14/h6,12H,3-4H2,1-2H3. The Morgan fingerprint density at radius 2 is 2.22 bits per heavy atom. The molecule has 100 valence electrons. The molecule has 1 aromatic rings. The number of carbonyl (C=O) groups is 1. The van der Waals surface area contributed by atoms with Crippen LogP contribution in [0.2, 0.25) is 4.47 Å². The van der Waals surface area contributed by atoms with Crippen LogP contribution in [0.4, 0.5) is 0 Å². The van der Waals surface area contributed by atoms with Crippen LogP contribution in [-0.4, -0.2) is 43.8 Å². The molecule has 2 heterocycles. The molecule has 0 radical (unpaired) electrons. The van der Waals surface area contributed by atoms with Crippen molar-refractivity contribution in [2.75, 3.05) is 13.6 Å². The molecule has 2 rings (SSSR count). The first kappa shape index (κ1) is 13.7. The number of sulfonamides is 1. The second-order valence-electron chi connectivity index (χ2n) is 4.06. The summed E-state index contributed by atoms with van der Waals surface area (Å²) in [6.07, 6.45) is 0.472. The number of thiazole rings is 1. The van der Waals surface area contributed by atoms with E-state index in [-0.39, 0.29) is 14.6 Å². The molecule has 0 spiro atoms. The summed E-state index contributed by atoms with van der Waals surface area (Å²) >= 11 is 6.57. The average molecular weight is 310 g/mol. The van der Waals surface area contributed by atoms with Crippen molar-refractivity contribution in [1.82, 2.24) is 14.6 Å². The fraction of sp³-hybridized carbons (Fsp3) is 0.556. The number of nitrogens with one attached hydrogen (secondary N) is 1. The van der Waals surface area contributed by atoms with E-state index >= 15 is 0 Å². The van der Waals surface area contributed by atoms with E-state index in [0.29, 0.717) is 18.7 Å². The Morgan fingerprint density at radius 3 is 2.67 bits per heavy atom. The van der Waals surface area contributed by atoms with Crippen LogP contribution in [0.3, 0.4) is 0 Å². The molecule has 1 aliphatic rings. The Balaban J connectivity index is 2.23. The lowest BCUT2D eigenvalue weighted by molar-refractivity contribution is -0.127. The molecule has 0 aromatic carbocycles. The van der Waals surface area contributed by atoms with Crippen molar-refractivity contribution in [2.45, 2.75) is 23.6 Å². The molecular formula is C9H12ClN3O3S2. The van der Waals surface area contributed by atoms with E-state index in [1.165, 1.54) is 4.90 Å². The highest BCUT2D eigenvalue weighted by atomic mass is 35.5. The molecule has 0 saturated carbocycles. The fourth-order valence-corrected chi connectivity index (χ4v) is 4.75. The first-order valence-corrected chi connectivity index (χ1v) is 7.89. The van der Waals surface area contributed by atoms with Gasteiger partial charge in [0.2, 0.25) is 5.91 Å². The number of aromatic nitrogens is 1. The Morgan fingerprint density at radius 1 is 1.56 bits per heavy atom. The average Bonchev–Trinajstić information content (AvgIpc) is 2.75. The van der Waals surface area contributed by atoms with Crippen LogP contribution in [0, 0.1) is 6.92 Å². The zero-order chi connectivity index (χ0) is 13.5. The predicted octanol–water partition coefficient (Wildman–Crippen LogP) is 0.614. The van der Waals surface area contributed by atoms with E-state index in [4.69, 9.17) is 11.6 Å². The minimum atomic E-state index is -3.74. The van der Waals surface area contributed by atoms with Crippen LogP contribution in [0.1, 0.15) is 12.1 Å². The molecule has 6 nitrogen and oxygen atoms in total. The largest absolute Gasteiger partial charge is 0.344 e. The third-order valence-electron chi connectivity index (χ3n) is 2.70. The minimum Gasteiger partial charge on any atom is -0.344 e. The highest BCUT2D eigenvalue weighted by molar-refractivity contribution is 7.91. The van der Waals surface area contributed by atoms with Gasteiger partial charge in [-0.25, -0.2) is 13.4 Å². The van der Waals surface area contributed by atoms with Crippen molar-refractivity contribution in [1.29, 1.82) is 0 Å². The summed E-state index contributed by atoms with van der Waals surface area (Å²) in [4.78, 5) is 17.0. The summed E-state index contributed by atoms with van der Waals surface area (Å²) in [5.74, 6) is -0.216. The summed E-state index contributed by atoms with van der Waals surface area (Å²) in [7, 11) is -2.09. The smallest absolute Gasteiger partial charge is 0.252 e. The van der Waals surface area contributed by atoms with Gasteiger partial charge >= 0.3 is 0 Å². The molecule has 1 atom stereocenters. The zero-order valence-electron chi connectivity index (χ0n) is 9.81. The lowest BCUT2D eigenvalue weighted by Crippen LogP contribution is -2.40. The van der Waals surface area contributed by atoms with Gasteiger partial charge in [0.05, 0.1) is 5.69 Å². The number of nitrogens with zero attached hydrogens (tertiary/aromatic N) is 2. The van der Waals surface area contributed by atoms with Gasteiger partial charge in [0.1, 0.15) is 6.04 Å². The number of likely N-dealkylation sites (N-methyl/N-ethyl adjacent to an activating group) is 1. The first-order chi connectivity index (χ1) is 8.31. The normalized spacial score (nSPS) is 20.7. The van der Waals surface area contributed by atoms with Crippen molar-refractivity contribution >= 4 is 38.9 Å². The number of amides is 1. The molecule has 1 saturated heterocycles. The van der Waals surface area contributed by atoms with Gasteiger partial charge in [0, 0.05) is 13.6 Å². The third-order valence-corrected chi connectivity index (χ3v) is 6.04. The van der Waals surface area contributed by atoms with Crippen LogP contribution in [-0.2, 0) is 14.8 Å². The second-order valence-corrected chi connectivity index (χ2v) is 7.55. The van der Waals surface area contributed by atoms with Gasteiger partial charge in [-0.15, -0.1) is 0 Å². The molecule has 0 bridgehead atoms. The van der Waals surface area contributed by atoms with Crippen LogP contribution in [0.5, 0.6) is 0 Å². The number of aryl methyl sites for hydroxylation is 1. The topological polar surface area (TPSA) is 79.4 Å².